The molecule has 0 aromatic heterocycles. The summed E-state index contributed by atoms with van der Waals surface area (Å²) in [5.74, 6) is 0.713. The molecule has 1 aliphatic rings. The summed E-state index contributed by atoms with van der Waals surface area (Å²) in [4.78, 5) is 0. The molecule has 1 aromatic carbocycles. The summed E-state index contributed by atoms with van der Waals surface area (Å²) in [6.07, 6.45) is 0. The maximum absolute atomic E-state index is 9.65. The molecule has 1 saturated heterocycles. The van der Waals surface area contributed by atoms with Gasteiger partial charge in [0.05, 0.1) is 13.2 Å². The number of aliphatic hydroxyl groups excluding tert-OH is 1. The first-order valence-corrected chi connectivity index (χ1v) is 6.84. The first-order chi connectivity index (χ1) is 8.10. The Hall–Kier alpha value is -0.380. The molecule has 2 rings (SSSR count). The van der Waals surface area contributed by atoms with Crippen molar-refractivity contribution >= 4 is 15.9 Å². The molecule has 0 saturated carbocycles. The second-order valence-corrected chi connectivity index (χ2v) is 6.10. The zero-order chi connectivity index (χ0) is 12.5. The number of rotatable bonds is 4. The van der Waals surface area contributed by atoms with Gasteiger partial charge in [0.25, 0.3) is 0 Å². The lowest BCUT2D eigenvalue weighted by Crippen LogP contribution is -2.55. The highest BCUT2D eigenvalue weighted by atomic mass is 79.9. The Morgan fingerprint density at radius 1 is 1.29 bits per heavy atom. The first-order valence-electron chi connectivity index (χ1n) is 6.05. The standard InChI is InChI=1S/C14H19BrO2/c1-10(2)13(7-16)14(8-17-9-14)11-3-5-12(15)6-4-11/h3-6,10,13,16H,7-9H2,1-2H3. The minimum atomic E-state index is 0.00359. The zero-order valence-electron chi connectivity index (χ0n) is 10.3. The van der Waals surface area contributed by atoms with Crippen LogP contribution in [0.25, 0.3) is 0 Å². The molecule has 2 nitrogen and oxygen atoms in total. The molecule has 1 aliphatic heterocycles. The van der Waals surface area contributed by atoms with Gasteiger partial charge in [0.1, 0.15) is 0 Å². The third-order valence-corrected chi connectivity index (χ3v) is 4.38. The maximum atomic E-state index is 9.65. The maximum Gasteiger partial charge on any atom is 0.0589 e. The Morgan fingerprint density at radius 3 is 2.24 bits per heavy atom. The van der Waals surface area contributed by atoms with Gasteiger partial charge in [-0.1, -0.05) is 41.9 Å². The van der Waals surface area contributed by atoms with E-state index in [9.17, 15) is 5.11 Å². The average molecular weight is 299 g/mol. The Kier molecular flexibility index (Phi) is 3.91. The van der Waals surface area contributed by atoms with E-state index in [1.165, 1.54) is 5.56 Å². The fourth-order valence-corrected chi connectivity index (χ4v) is 2.99. The van der Waals surface area contributed by atoms with E-state index < -0.39 is 0 Å². The van der Waals surface area contributed by atoms with Crippen molar-refractivity contribution in [1.29, 1.82) is 0 Å². The molecule has 0 amide bonds. The van der Waals surface area contributed by atoms with Gasteiger partial charge in [0.15, 0.2) is 0 Å². The first kappa shape index (κ1) is 13.1. The van der Waals surface area contributed by atoms with Crippen LogP contribution in [0.3, 0.4) is 0 Å². The van der Waals surface area contributed by atoms with Gasteiger partial charge < -0.3 is 9.84 Å². The number of benzene rings is 1. The lowest BCUT2D eigenvalue weighted by molar-refractivity contribution is -0.111. The fourth-order valence-electron chi connectivity index (χ4n) is 2.72. The van der Waals surface area contributed by atoms with Crippen molar-refractivity contribution in [2.75, 3.05) is 19.8 Å². The third-order valence-electron chi connectivity index (χ3n) is 3.85. The second-order valence-electron chi connectivity index (χ2n) is 5.19. The van der Waals surface area contributed by atoms with Crippen LogP contribution in [-0.4, -0.2) is 24.9 Å². The molecule has 0 spiro atoms. The lowest BCUT2D eigenvalue weighted by Gasteiger charge is -2.48. The van der Waals surface area contributed by atoms with Crippen molar-refractivity contribution in [3.63, 3.8) is 0 Å². The van der Waals surface area contributed by atoms with Gasteiger partial charge in [-0.2, -0.15) is 0 Å². The molecule has 0 radical (unpaired) electrons. The van der Waals surface area contributed by atoms with Gasteiger partial charge in [0, 0.05) is 16.5 Å². The van der Waals surface area contributed by atoms with Crippen LogP contribution >= 0.6 is 15.9 Å². The predicted molar refractivity (Wildman–Crippen MR) is 72.1 cm³/mol. The van der Waals surface area contributed by atoms with Crippen molar-refractivity contribution < 1.29 is 9.84 Å². The molecule has 3 heteroatoms. The van der Waals surface area contributed by atoms with Crippen LogP contribution in [0.1, 0.15) is 19.4 Å². The lowest BCUT2D eigenvalue weighted by atomic mass is 9.65. The average Bonchev–Trinajstić information content (AvgIpc) is 2.24. The van der Waals surface area contributed by atoms with Gasteiger partial charge in [0.2, 0.25) is 0 Å². The molecule has 1 unspecified atom stereocenters. The van der Waals surface area contributed by atoms with E-state index in [1.54, 1.807) is 0 Å². The van der Waals surface area contributed by atoms with Crippen LogP contribution < -0.4 is 0 Å². The zero-order valence-corrected chi connectivity index (χ0v) is 11.9. The SMILES string of the molecule is CC(C)C(CO)C1(c2ccc(Br)cc2)COC1. The van der Waals surface area contributed by atoms with Crippen LogP contribution in [-0.2, 0) is 10.2 Å². The molecule has 0 bridgehead atoms. The van der Waals surface area contributed by atoms with E-state index in [0.717, 1.165) is 17.7 Å². The molecular weight excluding hydrogens is 280 g/mol. The molecule has 1 N–H and O–H groups in total. The molecular formula is C14H19BrO2. The minimum Gasteiger partial charge on any atom is -0.396 e. The van der Waals surface area contributed by atoms with E-state index in [1.807, 2.05) is 0 Å². The van der Waals surface area contributed by atoms with Gasteiger partial charge in [-0.15, -0.1) is 0 Å². The van der Waals surface area contributed by atoms with Gasteiger partial charge >= 0.3 is 0 Å². The van der Waals surface area contributed by atoms with Crippen molar-refractivity contribution in [2.24, 2.45) is 11.8 Å². The summed E-state index contributed by atoms with van der Waals surface area (Å²) in [7, 11) is 0. The van der Waals surface area contributed by atoms with E-state index in [2.05, 4.69) is 54.0 Å². The molecule has 17 heavy (non-hydrogen) atoms. The van der Waals surface area contributed by atoms with Gasteiger partial charge in [-0.25, -0.2) is 0 Å². The quantitative estimate of drug-likeness (QED) is 0.926. The number of ether oxygens (including phenoxy) is 1. The fraction of sp³-hybridized carbons (Fsp3) is 0.571. The number of aliphatic hydroxyl groups is 1. The summed E-state index contributed by atoms with van der Waals surface area (Å²) in [5, 5.41) is 9.65. The normalized spacial score (nSPS) is 20.1. The molecule has 0 aliphatic carbocycles. The van der Waals surface area contributed by atoms with E-state index in [-0.39, 0.29) is 17.9 Å². The largest absolute Gasteiger partial charge is 0.396 e. The molecule has 1 aromatic rings. The number of hydrogen-bond acceptors (Lipinski definition) is 2. The van der Waals surface area contributed by atoms with Crippen LogP contribution in [0.5, 0.6) is 0 Å². The van der Waals surface area contributed by atoms with E-state index >= 15 is 0 Å². The van der Waals surface area contributed by atoms with Crippen molar-refractivity contribution in [1.82, 2.24) is 0 Å². The van der Waals surface area contributed by atoms with Gasteiger partial charge in [-0.3, -0.25) is 0 Å². The van der Waals surface area contributed by atoms with Crippen LogP contribution in [0.15, 0.2) is 28.7 Å². The van der Waals surface area contributed by atoms with Crippen LogP contribution in [0.4, 0.5) is 0 Å². The Morgan fingerprint density at radius 2 is 1.88 bits per heavy atom. The highest BCUT2D eigenvalue weighted by Gasteiger charge is 2.47. The monoisotopic (exact) mass is 298 g/mol. The Bertz CT molecular complexity index is 368. The van der Waals surface area contributed by atoms with E-state index in [4.69, 9.17) is 4.74 Å². The molecule has 1 atom stereocenters. The van der Waals surface area contributed by atoms with Crippen molar-refractivity contribution in [3.8, 4) is 0 Å². The molecule has 94 valence electrons. The van der Waals surface area contributed by atoms with Gasteiger partial charge in [-0.05, 0) is 29.5 Å². The Labute approximate surface area is 111 Å². The van der Waals surface area contributed by atoms with Crippen LogP contribution in [0, 0.1) is 11.8 Å². The smallest absolute Gasteiger partial charge is 0.0589 e. The molecule has 1 heterocycles. The third kappa shape index (κ3) is 2.28. The summed E-state index contributed by atoms with van der Waals surface area (Å²) in [6, 6.07) is 8.39. The second kappa shape index (κ2) is 5.09. The highest BCUT2D eigenvalue weighted by molar-refractivity contribution is 9.10. The summed E-state index contributed by atoms with van der Waals surface area (Å²) >= 11 is 3.45. The number of hydrogen-bond donors (Lipinski definition) is 1. The summed E-state index contributed by atoms with van der Waals surface area (Å²) in [5.41, 5.74) is 1.28. The van der Waals surface area contributed by atoms with Crippen molar-refractivity contribution in [2.45, 2.75) is 19.3 Å². The topological polar surface area (TPSA) is 29.5 Å². The van der Waals surface area contributed by atoms with E-state index in [0.29, 0.717) is 5.92 Å². The molecule has 1 fully saturated rings. The number of halogens is 1. The Balaban J connectivity index is 2.33. The van der Waals surface area contributed by atoms with Crippen molar-refractivity contribution in [3.05, 3.63) is 34.3 Å². The highest BCUT2D eigenvalue weighted by Crippen LogP contribution is 2.42. The van der Waals surface area contributed by atoms with Crippen LogP contribution in [0.2, 0.25) is 0 Å². The summed E-state index contributed by atoms with van der Waals surface area (Å²) in [6.45, 7) is 5.99. The summed E-state index contributed by atoms with van der Waals surface area (Å²) < 4.78 is 6.52. The minimum absolute atomic E-state index is 0.00359. The predicted octanol–water partition coefficient (Wildman–Crippen LogP) is 2.98.